The van der Waals surface area contributed by atoms with E-state index >= 15 is 0 Å². The summed E-state index contributed by atoms with van der Waals surface area (Å²) in [4.78, 5) is 11.3. The summed E-state index contributed by atoms with van der Waals surface area (Å²) in [5.41, 5.74) is 4.09. The first-order chi connectivity index (χ1) is 9.72. The number of benzene rings is 2. The normalized spacial score (nSPS) is 9.60. The van der Waals surface area contributed by atoms with Crippen LogP contribution in [0.1, 0.15) is 21.5 Å². The molecule has 0 unspecified atom stereocenters. The lowest BCUT2D eigenvalue weighted by Gasteiger charge is -2.07. The first kappa shape index (κ1) is 13.6. The molecule has 0 bridgehead atoms. The number of amides is 1. The third kappa shape index (κ3) is 3.34. The van der Waals surface area contributed by atoms with Gasteiger partial charge >= 0.3 is 0 Å². The lowest BCUT2D eigenvalue weighted by atomic mass is 10.1. The maximum Gasteiger partial charge on any atom is 0.265 e. The van der Waals surface area contributed by atoms with E-state index in [9.17, 15) is 4.79 Å². The Morgan fingerprint density at radius 3 is 2.35 bits per heavy atom. The Labute approximate surface area is 116 Å². The summed E-state index contributed by atoms with van der Waals surface area (Å²) >= 11 is 0. The Morgan fingerprint density at radius 1 is 1.15 bits per heavy atom. The number of hydrogen-bond donors (Lipinski definition) is 2. The Kier molecular flexibility index (Phi) is 4.32. The predicted octanol–water partition coefficient (Wildman–Crippen LogP) is 1.74. The molecule has 5 heteroatoms. The zero-order valence-corrected chi connectivity index (χ0v) is 10.7. The van der Waals surface area contributed by atoms with Gasteiger partial charge in [0.2, 0.25) is 0 Å². The van der Waals surface area contributed by atoms with Gasteiger partial charge in [-0.05, 0) is 42.0 Å². The quantitative estimate of drug-likeness (QED) is 0.501. The first-order valence-electron chi connectivity index (χ1n) is 5.96. The number of nitriles is 1. The lowest BCUT2D eigenvalue weighted by Crippen LogP contribution is -2.29. The maximum absolute atomic E-state index is 11.3. The number of hydrazine groups is 1. The zero-order chi connectivity index (χ0) is 14.4. The number of nitrogens with one attached hydrogen (secondary N) is 1. The summed E-state index contributed by atoms with van der Waals surface area (Å²) in [6, 6.07) is 15.9. The Morgan fingerprint density at radius 2 is 1.80 bits per heavy atom. The van der Waals surface area contributed by atoms with Crippen molar-refractivity contribution in [2.45, 2.75) is 6.61 Å². The largest absolute Gasteiger partial charge is 0.489 e. The number of hydrogen-bond acceptors (Lipinski definition) is 4. The smallest absolute Gasteiger partial charge is 0.265 e. The maximum atomic E-state index is 11.3. The van der Waals surface area contributed by atoms with Crippen LogP contribution in [-0.4, -0.2) is 5.91 Å². The van der Waals surface area contributed by atoms with Gasteiger partial charge in [-0.3, -0.25) is 10.2 Å². The molecule has 0 saturated heterocycles. The second kappa shape index (κ2) is 6.36. The molecule has 2 aromatic rings. The van der Waals surface area contributed by atoms with Crippen molar-refractivity contribution in [1.82, 2.24) is 5.43 Å². The van der Waals surface area contributed by atoms with Crippen molar-refractivity contribution in [3.8, 4) is 11.8 Å². The summed E-state index contributed by atoms with van der Waals surface area (Å²) in [7, 11) is 0. The van der Waals surface area contributed by atoms with Gasteiger partial charge in [-0.2, -0.15) is 5.26 Å². The Hall–Kier alpha value is -2.84. The molecule has 0 aromatic heterocycles. The molecule has 0 saturated carbocycles. The third-order valence-corrected chi connectivity index (χ3v) is 2.74. The molecule has 5 nitrogen and oxygen atoms in total. The molecule has 0 spiro atoms. The Bertz CT molecular complexity index is 628. The highest BCUT2D eigenvalue weighted by atomic mass is 16.5. The van der Waals surface area contributed by atoms with Crippen LogP contribution < -0.4 is 16.0 Å². The van der Waals surface area contributed by atoms with Gasteiger partial charge in [-0.1, -0.05) is 12.1 Å². The van der Waals surface area contributed by atoms with E-state index in [4.69, 9.17) is 15.8 Å². The predicted molar refractivity (Wildman–Crippen MR) is 73.6 cm³/mol. The van der Waals surface area contributed by atoms with E-state index in [0.717, 1.165) is 5.56 Å². The summed E-state index contributed by atoms with van der Waals surface area (Å²) in [6.45, 7) is 0.385. The molecule has 0 fully saturated rings. The number of nitrogen functional groups attached to an aromatic ring is 1. The second-order valence-corrected chi connectivity index (χ2v) is 4.10. The number of nitrogens with two attached hydrogens (primary N) is 1. The van der Waals surface area contributed by atoms with Gasteiger partial charge in [0.1, 0.15) is 12.4 Å². The van der Waals surface area contributed by atoms with Crippen LogP contribution in [0.15, 0.2) is 48.5 Å². The van der Waals surface area contributed by atoms with E-state index in [1.54, 1.807) is 48.5 Å². The van der Waals surface area contributed by atoms with Gasteiger partial charge in [0, 0.05) is 5.56 Å². The molecule has 100 valence electrons. The van der Waals surface area contributed by atoms with Crippen molar-refractivity contribution in [2.24, 2.45) is 5.84 Å². The van der Waals surface area contributed by atoms with Crippen LogP contribution in [0.2, 0.25) is 0 Å². The molecule has 2 rings (SSSR count). The topological polar surface area (TPSA) is 88.1 Å². The summed E-state index contributed by atoms with van der Waals surface area (Å²) in [6.07, 6.45) is 0. The average molecular weight is 267 g/mol. The van der Waals surface area contributed by atoms with Crippen molar-refractivity contribution in [1.29, 1.82) is 5.26 Å². The number of rotatable bonds is 4. The minimum atomic E-state index is -0.329. The van der Waals surface area contributed by atoms with Crippen molar-refractivity contribution in [2.75, 3.05) is 0 Å². The average Bonchev–Trinajstić information content (AvgIpc) is 2.53. The minimum Gasteiger partial charge on any atom is -0.489 e. The van der Waals surface area contributed by atoms with Crippen molar-refractivity contribution >= 4 is 5.91 Å². The molecule has 3 N–H and O–H groups in total. The summed E-state index contributed by atoms with van der Waals surface area (Å²) in [5.74, 6) is 5.41. The second-order valence-electron chi connectivity index (χ2n) is 4.10. The molecule has 0 aliphatic carbocycles. The van der Waals surface area contributed by atoms with Crippen LogP contribution in [0.5, 0.6) is 5.75 Å². The van der Waals surface area contributed by atoms with Gasteiger partial charge in [0.15, 0.2) is 0 Å². The fourth-order valence-electron chi connectivity index (χ4n) is 1.63. The Balaban J connectivity index is 1.96. The first-order valence-corrected chi connectivity index (χ1v) is 5.96. The highest BCUT2D eigenvalue weighted by molar-refractivity contribution is 5.93. The number of ether oxygens (including phenoxy) is 1. The van der Waals surface area contributed by atoms with Crippen LogP contribution in [0.4, 0.5) is 0 Å². The van der Waals surface area contributed by atoms with Crippen LogP contribution in [0.3, 0.4) is 0 Å². The van der Waals surface area contributed by atoms with Gasteiger partial charge in [0.05, 0.1) is 11.6 Å². The highest BCUT2D eigenvalue weighted by Crippen LogP contribution is 2.14. The minimum absolute atomic E-state index is 0.329. The van der Waals surface area contributed by atoms with E-state index in [0.29, 0.717) is 23.5 Å². The SMILES string of the molecule is N#Cc1ccc(OCc2ccc(C(=O)NN)cc2)cc1. The fraction of sp³-hybridized carbons (Fsp3) is 0.0667. The molecule has 0 radical (unpaired) electrons. The highest BCUT2D eigenvalue weighted by Gasteiger charge is 2.03. The zero-order valence-electron chi connectivity index (χ0n) is 10.7. The van der Waals surface area contributed by atoms with E-state index < -0.39 is 0 Å². The van der Waals surface area contributed by atoms with Crippen molar-refractivity contribution < 1.29 is 9.53 Å². The third-order valence-electron chi connectivity index (χ3n) is 2.74. The fourth-order valence-corrected chi connectivity index (χ4v) is 1.63. The van der Waals surface area contributed by atoms with Crippen molar-refractivity contribution in [3.05, 3.63) is 65.2 Å². The molecule has 0 aliphatic rings. The molecule has 0 heterocycles. The molecule has 20 heavy (non-hydrogen) atoms. The van der Waals surface area contributed by atoms with E-state index in [1.807, 2.05) is 6.07 Å². The van der Waals surface area contributed by atoms with Gasteiger partial charge in [-0.15, -0.1) is 0 Å². The number of carbonyl (C=O) groups excluding carboxylic acids is 1. The van der Waals surface area contributed by atoms with E-state index in [-0.39, 0.29) is 5.91 Å². The van der Waals surface area contributed by atoms with Crippen LogP contribution in [0.25, 0.3) is 0 Å². The summed E-state index contributed by atoms with van der Waals surface area (Å²) < 4.78 is 5.58. The molecular formula is C15H13N3O2. The molecular weight excluding hydrogens is 254 g/mol. The van der Waals surface area contributed by atoms with E-state index in [2.05, 4.69) is 5.43 Å². The standard InChI is InChI=1S/C15H13N3O2/c16-9-11-3-7-14(8-4-11)20-10-12-1-5-13(6-2-12)15(19)18-17/h1-8H,10,17H2,(H,18,19). The molecule has 1 amide bonds. The van der Waals surface area contributed by atoms with Gasteiger partial charge in [0.25, 0.3) is 5.91 Å². The lowest BCUT2D eigenvalue weighted by molar-refractivity contribution is 0.0953. The van der Waals surface area contributed by atoms with Crippen LogP contribution in [-0.2, 0) is 6.61 Å². The monoisotopic (exact) mass is 267 g/mol. The van der Waals surface area contributed by atoms with Crippen LogP contribution in [0, 0.1) is 11.3 Å². The number of nitrogens with zero attached hydrogens (tertiary/aromatic N) is 1. The van der Waals surface area contributed by atoms with Gasteiger partial charge in [-0.25, -0.2) is 5.84 Å². The van der Waals surface area contributed by atoms with Crippen LogP contribution >= 0.6 is 0 Å². The van der Waals surface area contributed by atoms with Gasteiger partial charge < -0.3 is 4.74 Å². The van der Waals surface area contributed by atoms with Crippen molar-refractivity contribution in [3.63, 3.8) is 0 Å². The molecule has 0 atom stereocenters. The summed E-state index contributed by atoms with van der Waals surface area (Å²) in [5, 5.41) is 8.70. The number of carbonyl (C=O) groups is 1. The molecule has 0 aliphatic heterocycles. The molecule has 2 aromatic carbocycles. The van der Waals surface area contributed by atoms with E-state index in [1.165, 1.54) is 0 Å².